The average Bonchev–Trinajstić information content (AvgIpc) is 3.48. The number of pyridine rings is 1. The molecular formula is C25H27F4N4O2+. The molecule has 1 saturated carbocycles. The first-order chi connectivity index (χ1) is 16.8. The number of aromatic nitrogens is 3. The van der Waals surface area contributed by atoms with E-state index >= 15 is 0 Å². The Morgan fingerprint density at radius 3 is 2.57 bits per heavy atom. The normalized spacial score (nSPS) is 20.8. The van der Waals surface area contributed by atoms with Crippen molar-refractivity contribution in [2.24, 2.45) is 17.8 Å². The monoisotopic (exact) mass is 491 g/mol. The molecule has 2 aromatic heterocycles. The Balaban J connectivity index is 1.05. The first-order valence-corrected chi connectivity index (χ1v) is 11.8. The highest BCUT2D eigenvalue weighted by molar-refractivity contribution is 5.55. The van der Waals surface area contributed by atoms with Crippen LogP contribution in [0.4, 0.5) is 23.4 Å². The van der Waals surface area contributed by atoms with E-state index in [4.69, 9.17) is 9.15 Å². The van der Waals surface area contributed by atoms with Crippen LogP contribution in [0.15, 0.2) is 40.9 Å². The van der Waals surface area contributed by atoms with E-state index in [-0.39, 0.29) is 11.5 Å². The van der Waals surface area contributed by atoms with Gasteiger partial charge in [-0.3, -0.25) is 4.90 Å². The fourth-order valence-electron chi connectivity index (χ4n) is 5.03. The summed E-state index contributed by atoms with van der Waals surface area (Å²) in [5.74, 6) is 3.15. The molecule has 1 aliphatic carbocycles. The van der Waals surface area contributed by atoms with Gasteiger partial charge in [-0.2, -0.15) is 13.2 Å². The van der Waals surface area contributed by atoms with Crippen LogP contribution >= 0.6 is 0 Å². The predicted molar refractivity (Wildman–Crippen MR) is 119 cm³/mol. The molecule has 0 unspecified atom stereocenters. The third kappa shape index (κ3) is 5.41. The number of halogens is 4. The van der Waals surface area contributed by atoms with Crippen molar-refractivity contribution in [2.45, 2.75) is 38.8 Å². The molecular weight excluding hydrogens is 464 g/mol. The number of hydrogen-bond donors (Lipinski definition) is 0. The molecule has 0 bridgehead atoms. The van der Waals surface area contributed by atoms with Crippen LogP contribution in [0.3, 0.4) is 0 Å². The number of hydrogen-bond acceptors (Lipinski definition) is 5. The predicted octanol–water partition coefficient (Wildman–Crippen LogP) is 5.34. The number of H-pyrrole nitrogens is 1. The Bertz CT molecular complexity index is 1160. The number of aromatic amines is 1. The van der Waals surface area contributed by atoms with E-state index in [1.807, 2.05) is 0 Å². The standard InChI is InChI=1S/C25H26F4N4O2/c1-15-31-32-24(35-15)20-4-3-19(13-22(20)26)34-11-8-17-12-21(17)16-6-9-33(10-7-16)23-5-2-18(14-30-23)25(27,28)29/h2-5,13-14,16-17,21H,6-12H2,1H3/p+1/t17-,21-/m0/s1. The number of benzene rings is 1. The number of ether oxygens (including phenoxy) is 1. The van der Waals surface area contributed by atoms with Crippen LogP contribution in [0, 0.1) is 30.5 Å². The summed E-state index contributed by atoms with van der Waals surface area (Å²) >= 11 is 0. The SMILES string of the molecule is Cc1nnc(-c2ccc(OCC[C@H]3C[C@H]3C3CCN(c4ccc(C(F)(F)F)c[nH+]4)CC3)cc2F)o1. The van der Waals surface area contributed by atoms with E-state index in [1.165, 1.54) is 18.6 Å². The lowest BCUT2D eigenvalue weighted by molar-refractivity contribution is -0.367. The summed E-state index contributed by atoms with van der Waals surface area (Å²) < 4.78 is 63.8. The van der Waals surface area contributed by atoms with Gasteiger partial charge in [0, 0.05) is 19.1 Å². The number of aryl methyl sites for hydroxylation is 1. The van der Waals surface area contributed by atoms with Gasteiger partial charge in [0.2, 0.25) is 5.89 Å². The molecule has 3 aromatic rings. The Morgan fingerprint density at radius 2 is 1.94 bits per heavy atom. The van der Waals surface area contributed by atoms with Crippen LogP contribution in [0.1, 0.15) is 37.1 Å². The number of nitrogens with one attached hydrogen (secondary N) is 1. The van der Waals surface area contributed by atoms with E-state index in [1.54, 1.807) is 19.1 Å². The largest absolute Gasteiger partial charge is 0.493 e. The summed E-state index contributed by atoms with van der Waals surface area (Å²) in [6.45, 7) is 3.84. The van der Waals surface area contributed by atoms with Gasteiger partial charge in [0.1, 0.15) is 17.8 Å². The maximum atomic E-state index is 14.4. The first-order valence-electron chi connectivity index (χ1n) is 11.8. The lowest BCUT2D eigenvalue weighted by Gasteiger charge is -2.28. The van der Waals surface area contributed by atoms with Gasteiger partial charge < -0.3 is 9.15 Å². The molecule has 1 saturated heterocycles. The van der Waals surface area contributed by atoms with Crippen molar-refractivity contribution in [3.63, 3.8) is 0 Å². The van der Waals surface area contributed by atoms with E-state index in [0.29, 0.717) is 36.0 Å². The summed E-state index contributed by atoms with van der Waals surface area (Å²) in [6.07, 6.45) is 0.841. The van der Waals surface area contributed by atoms with Gasteiger partial charge in [0.15, 0.2) is 0 Å². The van der Waals surface area contributed by atoms with E-state index < -0.39 is 17.6 Å². The van der Waals surface area contributed by atoms with Crippen molar-refractivity contribution >= 4 is 5.82 Å². The number of piperidine rings is 1. The lowest BCUT2D eigenvalue weighted by atomic mass is 9.90. The van der Waals surface area contributed by atoms with E-state index in [9.17, 15) is 17.6 Å². The highest BCUT2D eigenvalue weighted by Gasteiger charge is 2.44. The summed E-state index contributed by atoms with van der Waals surface area (Å²) in [5, 5.41) is 7.57. The van der Waals surface area contributed by atoms with Crippen LogP contribution in [-0.2, 0) is 6.18 Å². The maximum Gasteiger partial charge on any atom is 0.419 e. The van der Waals surface area contributed by atoms with Crippen LogP contribution < -0.4 is 14.6 Å². The Kier molecular flexibility index (Phi) is 6.37. The van der Waals surface area contributed by atoms with Gasteiger partial charge in [-0.1, -0.05) is 0 Å². The van der Waals surface area contributed by atoms with Crippen LogP contribution in [0.25, 0.3) is 11.5 Å². The second-order valence-electron chi connectivity index (χ2n) is 9.35. The zero-order chi connectivity index (χ0) is 24.6. The van der Waals surface area contributed by atoms with Gasteiger partial charge in [-0.05, 0) is 61.6 Å². The molecule has 10 heteroatoms. The molecule has 5 rings (SSSR count). The Morgan fingerprint density at radius 1 is 1.14 bits per heavy atom. The molecule has 1 aromatic carbocycles. The lowest BCUT2D eigenvalue weighted by Crippen LogP contribution is -2.37. The van der Waals surface area contributed by atoms with Gasteiger partial charge in [0.25, 0.3) is 11.7 Å². The molecule has 186 valence electrons. The quantitative estimate of drug-likeness (QED) is 0.418. The van der Waals surface area contributed by atoms with E-state index in [0.717, 1.165) is 50.4 Å². The number of anilines is 1. The molecule has 1 aliphatic heterocycles. The number of alkyl halides is 3. The fourth-order valence-corrected chi connectivity index (χ4v) is 5.03. The molecule has 6 nitrogen and oxygen atoms in total. The Labute approximate surface area is 200 Å². The highest BCUT2D eigenvalue weighted by atomic mass is 19.4. The third-order valence-corrected chi connectivity index (χ3v) is 7.04. The van der Waals surface area contributed by atoms with Gasteiger partial charge in [-0.25, -0.2) is 9.37 Å². The zero-order valence-electron chi connectivity index (χ0n) is 19.3. The molecule has 35 heavy (non-hydrogen) atoms. The van der Waals surface area contributed by atoms with Crippen molar-refractivity contribution in [1.82, 2.24) is 10.2 Å². The molecule has 0 amide bonds. The number of nitrogens with zero attached hydrogens (tertiary/aromatic N) is 3. The van der Waals surface area contributed by atoms with Crippen LogP contribution in [0.2, 0.25) is 0 Å². The van der Waals surface area contributed by atoms with E-state index in [2.05, 4.69) is 20.1 Å². The summed E-state index contributed by atoms with van der Waals surface area (Å²) in [7, 11) is 0. The van der Waals surface area contributed by atoms with Crippen molar-refractivity contribution in [1.29, 1.82) is 0 Å². The van der Waals surface area contributed by atoms with Crippen molar-refractivity contribution < 1.29 is 31.7 Å². The number of rotatable bonds is 7. The molecule has 0 radical (unpaired) electrons. The van der Waals surface area contributed by atoms with Crippen molar-refractivity contribution in [2.75, 3.05) is 24.6 Å². The summed E-state index contributed by atoms with van der Waals surface area (Å²) in [6, 6.07) is 7.27. The minimum absolute atomic E-state index is 0.148. The summed E-state index contributed by atoms with van der Waals surface area (Å²) in [5.41, 5.74) is -0.416. The van der Waals surface area contributed by atoms with Crippen molar-refractivity contribution in [3.8, 4) is 17.2 Å². The van der Waals surface area contributed by atoms with Crippen molar-refractivity contribution in [3.05, 3.63) is 53.8 Å². The van der Waals surface area contributed by atoms with Crippen LogP contribution in [0.5, 0.6) is 5.75 Å². The van der Waals surface area contributed by atoms with Gasteiger partial charge in [0.05, 0.1) is 30.8 Å². The molecule has 2 atom stereocenters. The van der Waals surface area contributed by atoms with Crippen LogP contribution in [-0.4, -0.2) is 29.9 Å². The smallest absolute Gasteiger partial charge is 0.419 e. The molecule has 2 fully saturated rings. The maximum absolute atomic E-state index is 14.4. The third-order valence-electron chi connectivity index (χ3n) is 7.04. The molecule has 0 spiro atoms. The Hall–Kier alpha value is -3.17. The minimum Gasteiger partial charge on any atom is -0.493 e. The van der Waals surface area contributed by atoms with Gasteiger partial charge in [-0.15, -0.1) is 10.2 Å². The average molecular weight is 492 g/mol. The molecule has 1 N–H and O–H groups in total. The minimum atomic E-state index is -4.33. The zero-order valence-corrected chi connectivity index (χ0v) is 19.3. The molecule has 3 heterocycles. The highest BCUT2D eigenvalue weighted by Crippen LogP contribution is 2.50. The fraction of sp³-hybridized carbons (Fsp3) is 0.480. The second kappa shape index (κ2) is 9.47. The topological polar surface area (TPSA) is 65.5 Å². The first kappa shape index (κ1) is 23.6. The summed E-state index contributed by atoms with van der Waals surface area (Å²) in [4.78, 5) is 4.91. The second-order valence-corrected chi connectivity index (χ2v) is 9.35. The van der Waals surface area contributed by atoms with Gasteiger partial charge >= 0.3 is 6.18 Å². The molecule has 2 aliphatic rings.